The van der Waals surface area contributed by atoms with E-state index in [0.717, 1.165) is 0 Å². The number of nitrogens with two attached hydrogens (primary N) is 1. The molecule has 1 amide bonds. The molecule has 0 saturated carbocycles. The van der Waals surface area contributed by atoms with Crippen molar-refractivity contribution in [1.82, 2.24) is 10.4 Å². The summed E-state index contributed by atoms with van der Waals surface area (Å²) in [6.45, 7) is 2.26. The van der Waals surface area contributed by atoms with Crippen LogP contribution in [0.15, 0.2) is 11.4 Å². The highest BCUT2D eigenvalue weighted by molar-refractivity contribution is 5.92. The summed E-state index contributed by atoms with van der Waals surface area (Å²) in [5.74, 6) is -0.779. The van der Waals surface area contributed by atoms with Gasteiger partial charge in [-0.05, 0) is 6.92 Å². The van der Waals surface area contributed by atoms with Crippen LogP contribution in [0.1, 0.15) is 6.92 Å². The minimum atomic E-state index is -0.779. The van der Waals surface area contributed by atoms with Gasteiger partial charge in [0.25, 0.3) is 11.6 Å². The first-order chi connectivity index (χ1) is 6.07. The third-order valence-corrected chi connectivity index (χ3v) is 1.75. The van der Waals surface area contributed by atoms with Crippen molar-refractivity contribution in [2.45, 2.75) is 6.92 Å². The summed E-state index contributed by atoms with van der Waals surface area (Å²) in [6, 6.07) is 0. The Labute approximate surface area is 74.3 Å². The molecule has 7 nitrogen and oxygen atoms in total. The fourth-order valence-corrected chi connectivity index (χ4v) is 1.19. The molecule has 1 aliphatic rings. The lowest BCUT2D eigenvalue weighted by atomic mass is 10.3. The monoisotopic (exact) mass is 186 g/mol. The second-order valence-corrected chi connectivity index (χ2v) is 2.50. The normalized spacial score (nSPS) is 16.5. The third kappa shape index (κ3) is 1.59. The number of nitro groups is 1. The molecule has 0 aromatic heterocycles. The van der Waals surface area contributed by atoms with Crippen molar-refractivity contribution in [3.8, 4) is 0 Å². The first-order valence-corrected chi connectivity index (χ1v) is 3.76. The molecule has 0 unspecified atom stereocenters. The van der Waals surface area contributed by atoms with E-state index in [1.807, 2.05) is 0 Å². The van der Waals surface area contributed by atoms with E-state index >= 15 is 0 Å². The highest BCUT2D eigenvalue weighted by atomic mass is 16.6. The van der Waals surface area contributed by atoms with Crippen molar-refractivity contribution in [1.29, 1.82) is 0 Å². The quantitative estimate of drug-likeness (QED) is 0.426. The maximum absolute atomic E-state index is 10.9. The number of rotatable bonds is 3. The number of hydrogen-bond acceptors (Lipinski definition) is 5. The molecule has 1 rings (SSSR count). The molecule has 0 bridgehead atoms. The lowest BCUT2D eigenvalue weighted by Gasteiger charge is -2.15. The summed E-state index contributed by atoms with van der Waals surface area (Å²) >= 11 is 0. The molecule has 1 aliphatic heterocycles. The highest BCUT2D eigenvalue weighted by Gasteiger charge is 2.33. The van der Waals surface area contributed by atoms with E-state index in [4.69, 9.17) is 5.73 Å². The van der Waals surface area contributed by atoms with E-state index in [0.29, 0.717) is 6.54 Å². The number of hydrazine groups is 1. The Balaban J connectivity index is 3.04. The molecule has 0 saturated heterocycles. The third-order valence-electron chi connectivity index (χ3n) is 1.75. The summed E-state index contributed by atoms with van der Waals surface area (Å²) in [7, 11) is 0. The Kier molecular flexibility index (Phi) is 2.47. The first kappa shape index (κ1) is 9.46. The van der Waals surface area contributed by atoms with E-state index in [2.05, 4.69) is 5.43 Å². The van der Waals surface area contributed by atoms with Crippen molar-refractivity contribution in [2.24, 2.45) is 5.73 Å². The Morgan fingerprint density at radius 3 is 2.85 bits per heavy atom. The van der Waals surface area contributed by atoms with E-state index in [9.17, 15) is 14.9 Å². The number of hydrogen-bond donors (Lipinski definition) is 2. The predicted octanol–water partition coefficient (Wildman–Crippen LogP) is -1.20. The fourth-order valence-electron chi connectivity index (χ4n) is 1.19. The van der Waals surface area contributed by atoms with Crippen LogP contribution < -0.4 is 11.2 Å². The van der Waals surface area contributed by atoms with Gasteiger partial charge in [0.15, 0.2) is 5.70 Å². The van der Waals surface area contributed by atoms with Gasteiger partial charge in [0, 0.05) is 6.54 Å². The van der Waals surface area contributed by atoms with Crippen molar-refractivity contribution >= 4 is 5.91 Å². The first-order valence-electron chi connectivity index (χ1n) is 3.76. The zero-order valence-corrected chi connectivity index (χ0v) is 7.11. The van der Waals surface area contributed by atoms with Crippen LogP contribution >= 0.6 is 0 Å². The topological polar surface area (TPSA) is 102 Å². The number of primary amides is 1. The Bertz CT molecular complexity index is 286. The van der Waals surface area contributed by atoms with E-state index in [1.165, 1.54) is 5.01 Å². The minimum Gasteiger partial charge on any atom is -0.364 e. The van der Waals surface area contributed by atoms with Crippen LogP contribution in [0.4, 0.5) is 0 Å². The molecule has 0 spiro atoms. The number of carbonyl (C=O) groups excluding carboxylic acids is 1. The van der Waals surface area contributed by atoms with Crippen LogP contribution in [-0.2, 0) is 4.79 Å². The molecule has 3 N–H and O–H groups in total. The molecule has 0 aliphatic carbocycles. The van der Waals surface area contributed by atoms with Gasteiger partial charge in [0.05, 0.1) is 4.92 Å². The second-order valence-electron chi connectivity index (χ2n) is 2.50. The molecular formula is C6H10N4O3. The van der Waals surface area contributed by atoms with Crippen molar-refractivity contribution in [3.05, 3.63) is 21.5 Å². The van der Waals surface area contributed by atoms with Crippen LogP contribution in [0.2, 0.25) is 0 Å². The van der Waals surface area contributed by atoms with Crippen molar-refractivity contribution in [2.75, 3.05) is 13.1 Å². The molecular weight excluding hydrogens is 176 g/mol. The van der Waals surface area contributed by atoms with Crippen LogP contribution in [-0.4, -0.2) is 28.9 Å². The largest absolute Gasteiger partial charge is 0.364 e. The van der Waals surface area contributed by atoms with Gasteiger partial charge < -0.3 is 5.73 Å². The second kappa shape index (κ2) is 3.40. The molecule has 7 heteroatoms. The van der Waals surface area contributed by atoms with E-state index in [-0.39, 0.29) is 17.9 Å². The molecule has 0 radical (unpaired) electrons. The Morgan fingerprint density at radius 1 is 1.85 bits per heavy atom. The van der Waals surface area contributed by atoms with Crippen LogP contribution in [0.25, 0.3) is 0 Å². The zero-order valence-electron chi connectivity index (χ0n) is 7.11. The Hall–Kier alpha value is -1.63. The van der Waals surface area contributed by atoms with Crippen LogP contribution in [0.3, 0.4) is 0 Å². The van der Waals surface area contributed by atoms with Gasteiger partial charge in [0.2, 0.25) is 0 Å². The van der Waals surface area contributed by atoms with Gasteiger partial charge in [-0.3, -0.25) is 19.9 Å². The molecule has 72 valence electrons. The molecule has 0 aromatic rings. The van der Waals surface area contributed by atoms with Crippen LogP contribution in [0.5, 0.6) is 0 Å². The summed E-state index contributed by atoms with van der Waals surface area (Å²) < 4.78 is 0. The zero-order chi connectivity index (χ0) is 10.0. The molecule has 13 heavy (non-hydrogen) atoms. The summed E-state index contributed by atoms with van der Waals surface area (Å²) in [6.07, 6.45) is 0. The van der Waals surface area contributed by atoms with E-state index in [1.54, 1.807) is 6.92 Å². The van der Waals surface area contributed by atoms with Gasteiger partial charge in [-0.25, -0.2) is 5.43 Å². The smallest absolute Gasteiger partial charge is 0.291 e. The highest BCUT2D eigenvalue weighted by Crippen LogP contribution is 2.14. The molecule has 1 heterocycles. The maximum Gasteiger partial charge on any atom is 0.291 e. The summed E-state index contributed by atoms with van der Waals surface area (Å²) in [5, 5.41) is 11.8. The molecule has 0 fully saturated rings. The Morgan fingerprint density at radius 2 is 2.46 bits per heavy atom. The van der Waals surface area contributed by atoms with Gasteiger partial charge in [-0.1, -0.05) is 0 Å². The lowest BCUT2D eigenvalue weighted by Crippen LogP contribution is -2.36. The number of nitrogens with zero attached hydrogens (tertiary/aromatic N) is 2. The average Bonchev–Trinajstić information content (AvgIpc) is 2.46. The van der Waals surface area contributed by atoms with Gasteiger partial charge >= 0.3 is 0 Å². The SMILES string of the molecule is CCN1NCC([N+](=O)[O-])=C1C(N)=O. The lowest BCUT2D eigenvalue weighted by molar-refractivity contribution is -0.425. The number of nitrogens with one attached hydrogen (secondary N) is 1. The molecule has 0 atom stereocenters. The van der Waals surface area contributed by atoms with Crippen LogP contribution in [0, 0.1) is 10.1 Å². The number of carbonyl (C=O) groups is 1. The van der Waals surface area contributed by atoms with Gasteiger partial charge in [-0.15, -0.1) is 0 Å². The summed E-state index contributed by atoms with van der Waals surface area (Å²) in [5.41, 5.74) is 7.47. The number of amides is 1. The van der Waals surface area contributed by atoms with E-state index < -0.39 is 10.8 Å². The van der Waals surface area contributed by atoms with Crippen molar-refractivity contribution in [3.63, 3.8) is 0 Å². The summed E-state index contributed by atoms with van der Waals surface area (Å²) in [4.78, 5) is 20.7. The average molecular weight is 186 g/mol. The predicted molar refractivity (Wildman–Crippen MR) is 43.6 cm³/mol. The van der Waals surface area contributed by atoms with Crippen molar-refractivity contribution < 1.29 is 9.72 Å². The fraction of sp³-hybridized carbons (Fsp3) is 0.500. The standard InChI is InChI=1S/C6H10N4O3/c1-2-9-5(6(7)11)4(3-8-9)10(12)13/h8H,2-3H2,1H3,(H2,7,11). The number of likely N-dealkylation sites (N-methyl/N-ethyl adjacent to an activating group) is 1. The van der Waals surface area contributed by atoms with Gasteiger partial charge in [-0.2, -0.15) is 0 Å². The van der Waals surface area contributed by atoms with Gasteiger partial charge in [0.1, 0.15) is 6.54 Å². The molecule has 0 aromatic carbocycles. The maximum atomic E-state index is 10.9. The minimum absolute atomic E-state index is 0.0408.